The minimum Gasteiger partial charge on any atom is -0.352 e. The number of hydrogen-bond donors (Lipinski definition) is 2. The van der Waals surface area contributed by atoms with Gasteiger partial charge in [0.15, 0.2) is 0 Å². The summed E-state index contributed by atoms with van der Waals surface area (Å²) in [4.78, 5) is 11.8. The van der Waals surface area contributed by atoms with Gasteiger partial charge in [0.2, 0.25) is 5.91 Å². The van der Waals surface area contributed by atoms with Gasteiger partial charge in [-0.2, -0.15) is 0 Å². The van der Waals surface area contributed by atoms with E-state index in [4.69, 9.17) is 5.73 Å². The van der Waals surface area contributed by atoms with E-state index in [1.165, 1.54) is 12.8 Å². The van der Waals surface area contributed by atoms with Gasteiger partial charge >= 0.3 is 0 Å². The Bertz CT molecular complexity index is 195. The Kier molecular flexibility index (Phi) is 3.93. The number of rotatable bonds is 4. The highest BCUT2D eigenvalue weighted by atomic mass is 16.2. The first-order valence-corrected chi connectivity index (χ1v) is 5.66. The molecule has 1 amide bonds. The van der Waals surface area contributed by atoms with Crippen molar-refractivity contribution in [1.29, 1.82) is 0 Å². The van der Waals surface area contributed by atoms with Crippen LogP contribution < -0.4 is 11.1 Å². The van der Waals surface area contributed by atoms with Crippen molar-refractivity contribution in [3.63, 3.8) is 0 Å². The van der Waals surface area contributed by atoms with Gasteiger partial charge in [0, 0.05) is 6.04 Å². The molecule has 3 N–H and O–H groups in total. The molecule has 0 aliphatic heterocycles. The van der Waals surface area contributed by atoms with Crippen LogP contribution in [0.15, 0.2) is 0 Å². The van der Waals surface area contributed by atoms with Crippen LogP contribution in [0.1, 0.15) is 52.4 Å². The number of carbonyl (C=O) groups excluding carboxylic acids is 1. The molecule has 82 valence electrons. The number of amides is 1. The first-order valence-electron chi connectivity index (χ1n) is 5.66. The Morgan fingerprint density at radius 2 is 2.07 bits per heavy atom. The van der Waals surface area contributed by atoms with Crippen LogP contribution in [0.25, 0.3) is 0 Å². The van der Waals surface area contributed by atoms with Gasteiger partial charge in [-0.1, -0.05) is 26.2 Å². The van der Waals surface area contributed by atoms with E-state index in [1.54, 1.807) is 0 Å². The summed E-state index contributed by atoms with van der Waals surface area (Å²) in [7, 11) is 0. The molecule has 0 bridgehead atoms. The molecule has 0 spiro atoms. The van der Waals surface area contributed by atoms with Crippen molar-refractivity contribution >= 4 is 5.91 Å². The van der Waals surface area contributed by atoms with Crippen LogP contribution in [0.4, 0.5) is 0 Å². The van der Waals surface area contributed by atoms with Crippen LogP contribution in [-0.4, -0.2) is 17.5 Å². The number of carbonyl (C=O) groups is 1. The predicted molar refractivity (Wildman–Crippen MR) is 57.9 cm³/mol. The lowest BCUT2D eigenvalue weighted by Gasteiger charge is -2.25. The van der Waals surface area contributed by atoms with E-state index in [-0.39, 0.29) is 5.91 Å². The number of nitrogens with two attached hydrogens (primary N) is 1. The molecule has 0 aromatic rings. The standard InChI is InChI=1S/C11H22N2O/c1-3-8-11(2,12)10(14)13-9-6-4-5-7-9/h9H,3-8,12H2,1-2H3,(H,13,14). The summed E-state index contributed by atoms with van der Waals surface area (Å²) < 4.78 is 0. The van der Waals surface area contributed by atoms with E-state index >= 15 is 0 Å². The molecule has 0 aromatic carbocycles. The van der Waals surface area contributed by atoms with Crippen molar-refractivity contribution in [2.75, 3.05) is 0 Å². The number of nitrogens with one attached hydrogen (secondary N) is 1. The third-order valence-corrected chi connectivity index (χ3v) is 2.98. The van der Waals surface area contributed by atoms with Crippen molar-refractivity contribution < 1.29 is 4.79 Å². The molecule has 0 radical (unpaired) electrons. The summed E-state index contributed by atoms with van der Waals surface area (Å²) in [6.07, 6.45) is 6.42. The summed E-state index contributed by atoms with van der Waals surface area (Å²) in [5.74, 6) is 0.0197. The fourth-order valence-corrected chi connectivity index (χ4v) is 2.05. The lowest BCUT2D eigenvalue weighted by Crippen LogP contribution is -2.53. The van der Waals surface area contributed by atoms with Crippen molar-refractivity contribution in [3.8, 4) is 0 Å². The molecule has 1 fully saturated rings. The highest BCUT2D eigenvalue weighted by molar-refractivity contribution is 5.85. The Morgan fingerprint density at radius 3 is 2.57 bits per heavy atom. The van der Waals surface area contributed by atoms with Gasteiger partial charge in [0.25, 0.3) is 0 Å². The minimum atomic E-state index is -0.683. The van der Waals surface area contributed by atoms with Crippen LogP contribution >= 0.6 is 0 Å². The summed E-state index contributed by atoms with van der Waals surface area (Å²) >= 11 is 0. The van der Waals surface area contributed by atoms with E-state index < -0.39 is 5.54 Å². The van der Waals surface area contributed by atoms with Crippen LogP contribution in [0.5, 0.6) is 0 Å². The smallest absolute Gasteiger partial charge is 0.240 e. The molecule has 1 saturated carbocycles. The van der Waals surface area contributed by atoms with Gasteiger partial charge in [0.1, 0.15) is 0 Å². The van der Waals surface area contributed by atoms with Crippen LogP contribution in [0, 0.1) is 0 Å². The Labute approximate surface area is 86.4 Å². The molecule has 14 heavy (non-hydrogen) atoms. The quantitative estimate of drug-likeness (QED) is 0.720. The van der Waals surface area contributed by atoms with Gasteiger partial charge in [-0.05, 0) is 26.2 Å². The van der Waals surface area contributed by atoms with Gasteiger partial charge in [-0.25, -0.2) is 0 Å². The third kappa shape index (κ3) is 2.98. The normalized spacial score (nSPS) is 21.9. The van der Waals surface area contributed by atoms with Gasteiger partial charge < -0.3 is 11.1 Å². The van der Waals surface area contributed by atoms with Crippen molar-refractivity contribution in [2.45, 2.75) is 64.0 Å². The highest BCUT2D eigenvalue weighted by Gasteiger charge is 2.29. The molecule has 1 aliphatic rings. The van der Waals surface area contributed by atoms with E-state index in [1.807, 2.05) is 13.8 Å². The largest absolute Gasteiger partial charge is 0.352 e. The van der Waals surface area contributed by atoms with Gasteiger partial charge in [-0.3, -0.25) is 4.79 Å². The van der Waals surface area contributed by atoms with Crippen molar-refractivity contribution in [1.82, 2.24) is 5.32 Å². The van der Waals surface area contributed by atoms with Crippen molar-refractivity contribution in [3.05, 3.63) is 0 Å². The van der Waals surface area contributed by atoms with Crippen molar-refractivity contribution in [2.24, 2.45) is 5.73 Å². The predicted octanol–water partition coefficient (Wildman–Crippen LogP) is 1.56. The van der Waals surface area contributed by atoms with E-state index in [9.17, 15) is 4.79 Å². The zero-order valence-corrected chi connectivity index (χ0v) is 9.31. The Balaban J connectivity index is 2.39. The highest BCUT2D eigenvalue weighted by Crippen LogP contribution is 2.19. The maximum atomic E-state index is 11.8. The molecule has 0 aromatic heterocycles. The monoisotopic (exact) mass is 198 g/mol. The fraction of sp³-hybridized carbons (Fsp3) is 0.909. The molecule has 1 atom stereocenters. The summed E-state index contributed by atoms with van der Waals surface area (Å²) in [6, 6.07) is 0.377. The molecule has 3 heteroatoms. The minimum absolute atomic E-state index is 0.0197. The molecule has 0 heterocycles. The summed E-state index contributed by atoms with van der Waals surface area (Å²) in [6.45, 7) is 3.87. The topological polar surface area (TPSA) is 55.1 Å². The maximum Gasteiger partial charge on any atom is 0.240 e. The molecule has 1 unspecified atom stereocenters. The van der Waals surface area contributed by atoms with E-state index in [0.29, 0.717) is 6.04 Å². The molecule has 0 saturated heterocycles. The molecule has 1 rings (SSSR count). The Morgan fingerprint density at radius 1 is 1.50 bits per heavy atom. The third-order valence-electron chi connectivity index (χ3n) is 2.98. The number of hydrogen-bond acceptors (Lipinski definition) is 2. The molecular formula is C11H22N2O. The SMILES string of the molecule is CCCC(C)(N)C(=O)NC1CCCC1. The lowest BCUT2D eigenvalue weighted by atomic mass is 9.96. The lowest BCUT2D eigenvalue weighted by molar-refractivity contribution is -0.126. The average molecular weight is 198 g/mol. The Hall–Kier alpha value is -0.570. The van der Waals surface area contributed by atoms with Crippen LogP contribution in [-0.2, 0) is 4.79 Å². The summed E-state index contributed by atoms with van der Waals surface area (Å²) in [5, 5.41) is 3.04. The zero-order valence-electron chi connectivity index (χ0n) is 9.31. The van der Waals surface area contributed by atoms with Crippen LogP contribution in [0.2, 0.25) is 0 Å². The molecule has 1 aliphatic carbocycles. The zero-order chi connectivity index (χ0) is 10.6. The van der Waals surface area contributed by atoms with Gasteiger partial charge in [0.05, 0.1) is 5.54 Å². The first-order chi connectivity index (χ1) is 6.56. The molecular weight excluding hydrogens is 176 g/mol. The fourth-order valence-electron chi connectivity index (χ4n) is 2.05. The second kappa shape index (κ2) is 4.78. The molecule has 3 nitrogen and oxygen atoms in total. The first kappa shape index (κ1) is 11.5. The average Bonchev–Trinajstić information content (AvgIpc) is 2.56. The maximum absolute atomic E-state index is 11.8. The van der Waals surface area contributed by atoms with Crippen LogP contribution in [0.3, 0.4) is 0 Å². The summed E-state index contributed by atoms with van der Waals surface area (Å²) in [5.41, 5.74) is 5.25. The second-order valence-electron chi connectivity index (χ2n) is 4.62. The van der Waals surface area contributed by atoms with Gasteiger partial charge in [-0.15, -0.1) is 0 Å². The second-order valence-corrected chi connectivity index (χ2v) is 4.62. The van der Waals surface area contributed by atoms with E-state index in [0.717, 1.165) is 25.7 Å². The van der Waals surface area contributed by atoms with E-state index in [2.05, 4.69) is 5.32 Å².